The second-order valence-electron chi connectivity index (χ2n) is 4.24. The zero-order chi connectivity index (χ0) is 12.7. The van der Waals surface area contributed by atoms with E-state index >= 15 is 0 Å². The van der Waals surface area contributed by atoms with Crippen LogP contribution >= 0.6 is 38.5 Å². The molecule has 0 aliphatic heterocycles. The Hall–Kier alpha value is -0.880. The predicted octanol–water partition coefficient (Wildman–Crippen LogP) is 4.91. The van der Waals surface area contributed by atoms with Gasteiger partial charge in [0.2, 0.25) is 0 Å². The molecule has 0 aliphatic carbocycles. The number of nitrogens with zero attached hydrogens (tertiary/aromatic N) is 1. The van der Waals surface area contributed by atoms with Gasteiger partial charge in [-0.3, -0.25) is 0 Å². The molecule has 0 bridgehead atoms. The minimum absolute atomic E-state index is 0.910. The van der Waals surface area contributed by atoms with Gasteiger partial charge in [0.25, 0.3) is 0 Å². The SMILES string of the molecule is Cc1cc(Br)c2nc(-c3ccc(I)cc3)[nH]c2c1. The summed E-state index contributed by atoms with van der Waals surface area (Å²) in [5, 5.41) is 0. The van der Waals surface area contributed by atoms with Gasteiger partial charge >= 0.3 is 0 Å². The van der Waals surface area contributed by atoms with Gasteiger partial charge < -0.3 is 4.98 Å². The average Bonchev–Trinajstić information content (AvgIpc) is 2.74. The van der Waals surface area contributed by atoms with E-state index in [1.807, 2.05) is 0 Å². The van der Waals surface area contributed by atoms with Gasteiger partial charge in [0, 0.05) is 13.6 Å². The Morgan fingerprint density at radius 2 is 1.89 bits per heavy atom. The first kappa shape index (κ1) is 12.2. The van der Waals surface area contributed by atoms with Crippen LogP contribution in [0.25, 0.3) is 22.4 Å². The molecular weight excluding hydrogens is 403 g/mol. The molecule has 3 aromatic rings. The molecule has 2 nitrogen and oxygen atoms in total. The summed E-state index contributed by atoms with van der Waals surface area (Å²) >= 11 is 5.86. The summed E-state index contributed by atoms with van der Waals surface area (Å²) in [6, 6.07) is 12.5. The number of hydrogen-bond acceptors (Lipinski definition) is 1. The van der Waals surface area contributed by atoms with Crippen LogP contribution in [0.4, 0.5) is 0 Å². The van der Waals surface area contributed by atoms with Crippen molar-refractivity contribution in [3.8, 4) is 11.4 Å². The molecule has 0 saturated carbocycles. The highest BCUT2D eigenvalue weighted by Gasteiger charge is 2.08. The number of halogens is 2. The number of hydrogen-bond donors (Lipinski definition) is 1. The Balaban J connectivity index is 2.19. The first-order valence-corrected chi connectivity index (χ1v) is 7.42. The molecule has 0 unspecified atom stereocenters. The zero-order valence-electron chi connectivity index (χ0n) is 9.67. The Morgan fingerprint density at radius 3 is 2.61 bits per heavy atom. The van der Waals surface area contributed by atoms with Crippen molar-refractivity contribution >= 4 is 49.6 Å². The molecule has 0 amide bonds. The van der Waals surface area contributed by atoms with Crippen LogP contribution in [-0.2, 0) is 0 Å². The van der Waals surface area contributed by atoms with Crippen LogP contribution in [0.2, 0.25) is 0 Å². The number of rotatable bonds is 1. The van der Waals surface area contributed by atoms with Crippen molar-refractivity contribution in [1.82, 2.24) is 9.97 Å². The monoisotopic (exact) mass is 412 g/mol. The molecule has 2 aromatic carbocycles. The van der Waals surface area contributed by atoms with Crippen molar-refractivity contribution < 1.29 is 0 Å². The van der Waals surface area contributed by atoms with Crippen molar-refractivity contribution in [1.29, 1.82) is 0 Å². The number of aromatic amines is 1. The van der Waals surface area contributed by atoms with Crippen LogP contribution in [0, 0.1) is 10.5 Å². The normalized spacial score (nSPS) is 11.1. The Labute approximate surface area is 127 Å². The lowest BCUT2D eigenvalue weighted by Gasteiger charge is -1.95. The first-order chi connectivity index (χ1) is 8.63. The maximum atomic E-state index is 4.65. The number of aryl methyl sites for hydroxylation is 1. The molecule has 0 radical (unpaired) electrons. The summed E-state index contributed by atoms with van der Waals surface area (Å²) in [6.45, 7) is 2.08. The third kappa shape index (κ3) is 2.19. The largest absolute Gasteiger partial charge is 0.338 e. The number of H-pyrrole nitrogens is 1. The van der Waals surface area contributed by atoms with Gasteiger partial charge in [-0.2, -0.15) is 0 Å². The van der Waals surface area contributed by atoms with E-state index in [-0.39, 0.29) is 0 Å². The maximum absolute atomic E-state index is 4.65. The summed E-state index contributed by atoms with van der Waals surface area (Å²) in [5.41, 5.74) is 4.37. The van der Waals surface area contributed by atoms with Gasteiger partial charge in [-0.25, -0.2) is 4.98 Å². The molecule has 0 atom stereocenters. The molecule has 90 valence electrons. The topological polar surface area (TPSA) is 28.7 Å². The summed E-state index contributed by atoms with van der Waals surface area (Å²) in [7, 11) is 0. The summed E-state index contributed by atoms with van der Waals surface area (Å²) < 4.78 is 2.26. The Morgan fingerprint density at radius 1 is 1.17 bits per heavy atom. The average molecular weight is 413 g/mol. The van der Waals surface area contributed by atoms with Crippen LogP contribution < -0.4 is 0 Å². The van der Waals surface area contributed by atoms with Gasteiger partial charge in [-0.1, -0.05) is 12.1 Å². The van der Waals surface area contributed by atoms with Crippen LogP contribution in [-0.4, -0.2) is 9.97 Å². The fraction of sp³-hybridized carbons (Fsp3) is 0.0714. The molecule has 0 aliphatic rings. The molecule has 4 heteroatoms. The summed E-state index contributed by atoms with van der Waals surface area (Å²) in [5.74, 6) is 0.910. The van der Waals surface area contributed by atoms with E-state index in [4.69, 9.17) is 0 Å². The zero-order valence-corrected chi connectivity index (χ0v) is 13.4. The van der Waals surface area contributed by atoms with E-state index in [0.717, 1.165) is 26.9 Å². The van der Waals surface area contributed by atoms with Crippen LogP contribution in [0.15, 0.2) is 40.9 Å². The summed E-state index contributed by atoms with van der Waals surface area (Å²) in [6.07, 6.45) is 0. The Bertz CT molecular complexity index is 716. The van der Waals surface area contributed by atoms with E-state index < -0.39 is 0 Å². The number of imidazole rings is 1. The van der Waals surface area contributed by atoms with Crippen molar-refractivity contribution in [3.05, 3.63) is 50.0 Å². The fourth-order valence-corrected chi connectivity index (χ4v) is 2.98. The molecule has 3 rings (SSSR count). The lowest BCUT2D eigenvalue weighted by atomic mass is 10.2. The van der Waals surface area contributed by atoms with Crippen molar-refractivity contribution in [3.63, 3.8) is 0 Å². The minimum Gasteiger partial charge on any atom is -0.338 e. The first-order valence-electron chi connectivity index (χ1n) is 5.55. The highest BCUT2D eigenvalue weighted by Crippen LogP contribution is 2.27. The molecule has 1 aromatic heterocycles. The standard InChI is InChI=1S/C14H10BrIN2/c1-8-6-11(15)13-12(7-8)17-14(18-13)9-2-4-10(16)5-3-9/h2-7H,1H3,(H,17,18). The molecule has 1 N–H and O–H groups in total. The number of aromatic nitrogens is 2. The van der Waals surface area contributed by atoms with E-state index in [0.29, 0.717) is 0 Å². The molecule has 0 spiro atoms. The number of nitrogens with one attached hydrogen (secondary N) is 1. The molecule has 0 saturated heterocycles. The van der Waals surface area contributed by atoms with E-state index in [1.54, 1.807) is 0 Å². The molecule has 0 fully saturated rings. The highest BCUT2D eigenvalue weighted by molar-refractivity contribution is 14.1. The second kappa shape index (κ2) is 4.66. The van der Waals surface area contributed by atoms with Gasteiger partial charge in [0.15, 0.2) is 0 Å². The molecule has 1 heterocycles. The van der Waals surface area contributed by atoms with E-state index in [9.17, 15) is 0 Å². The van der Waals surface area contributed by atoms with Gasteiger partial charge in [-0.05, 0) is 75.3 Å². The Kier molecular flexibility index (Phi) is 3.15. The lowest BCUT2D eigenvalue weighted by molar-refractivity contribution is 1.33. The number of benzene rings is 2. The third-order valence-electron chi connectivity index (χ3n) is 2.80. The predicted molar refractivity (Wildman–Crippen MR) is 86.7 cm³/mol. The van der Waals surface area contributed by atoms with Crippen molar-refractivity contribution in [2.75, 3.05) is 0 Å². The molecular formula is C14H10BrIN2. The van der Waals surface area contributed by atoms with Gasteiger partial charge in [-0.15, -0.1) is 0 Å². The van der Waals surface area contributed by atoms with Crippen molar-refractivity contribution in [2.24, 2.45) is 0 Å². The number of fused-ring (bicyclic) bond motifs is 1. The second-order valence-corrected chi connectivity index (χ2v) is 6.34. The van der Waals surface area contributed by atoms with Crippen molar-refractivity contribution in [2.45, 2.75) is 6.92 Å². The van der Waals surface area contributed by atoms with E-state index in [1.165, 1.54) is 9.13 Å². The van der Waals surface area contributed by atoms with Crippen LogP contribution in [0.1, 0.15) is 5.56 Å². The third-order valence-corrected chi connectivity index (χ3v) is 4.13. The molecule has 18 heavy (non-hydrogen) atoms. The lowest BCUT2D eigenvalue weighted by Crippen LogP contribution is -1.80. The summed E-state index contributed by atoms with van der Waals surface area (Å²) in [4.78, 5) is 8.02. The minimum atomic E-state index is 0.910. The smallest absolute Gasteiger partial charge is 0.138 e. The van der Waals surface area contributed by atoms with Crippen LogP contribution in [0.5, 0.6) is 0 Å². The highest BCUT2D eigenvalue weighted by atomic mass is 127. The van der Waals surface area contributed by atoms with Gasteiger partial charge in [0.05, 0.1) is 5.52 Å². The maximum Gasteiger partial charge on any atom is 0.138 e. The van der Waals surface area contributed by atoms with Crippen LogP contribution in [0.3, 0.4) is 0 Å². The fourth-order valence-electron chi connectivity index (χ4n) is 1.96. The quantitative estimate of drug-likeness (QED) is 0.565. The van der Waals surface area contributed by atoms with Gasteiger partial charge in [0.1, 0.15) is 11.3 Å². The van der Waals surface area contributed by atoms with E-state index in [2.05, 4.69) is 91.8 Å².